The molecule has 8 nitrogen and oxygen atoms in total. The Morgan fingerprint density at radius 2 is 1.43 bits per heavy atom. The summed E-state index contributed by atoms with van der Waals surface area (Å²) < 4.78 is 23.0. The van der Waals surface area contributed by atoms with Crippen LogP contribution in [-0.4, -0.2) is 60.6 Å². The SMILES string of the molecule is COc1ccc(OCCc2ccc(CN3CCN(C(=O)/C=C/c4ccc(Oc5ccc(OCc6ccc(C)cc6)cn5)c(C)c4)CC3)cc2)cc1. The van der Waals surface area contributed by atoms with Crippen LogP contribution in [-0.2, 0) is 24.4 Å². The van der Waals surface area contributed by atoms with Gasteiger partial charge < -0.3 is 23.8 Å². The third-order valence-electron chi connectivity index (χ3n) is 8.90. The Morgan fingerprint density at radius 1 is 0.745 bits per heavy atom. The highest BCUT2D eigenvalue weighted by Crippen LogP contribution is 2.26. The van der Waals surface area contributed by atoms with Crippen molar-refractivity contribution in [2.24, 2.45) is 0 Å². The molecule has 0 unspecified atom stereocenters. The molecule has 1 saturated heterocycles. The van der Waals surface area contributed by atoms with E-state index in [0.29, 0.717) is 43.7 Å². The predicted molar refractivity (Wildman–Crippen MR) is 201 cm³/mol. The summed E-state index contributed by atoms with van der Waals surface area (Å²) in [5.41, 5.74) is 6.74. The van der Waals surface area contributed by atoms with Crippen molar-refractivity contribution >= 4 is 12.0 Å². The Hall–Kier alpha value is -5.60. The second kappa shape index (κ2) is 17.4. The maximum Gasteiger partial charge on any atom is 0.246 e. The molecule has 6 rings (SSSR count). The zero-order valence-corrected chi connectivity index (χ0v) is 29.6. The van der Waals surface area contributed by atoms with E-state index in [1.54, 1.807) is 25.4 Å². The van der Waals surface area contributed by atoms with Crippen molar-refractivity contribution in [3.63, 3.8) is 0 Å². The van der Waals surface area contributed by atoms with E-state index in [4.69, 9.17) is 18.9 Å². The lowest BCUT2D eigenvalue weighted by Crippen LogP contribution is -2.47. The van der Waals surface area contributed by atoms with E-state index in [-0.39, 0.29) is 5.91 Å². The zero-order valence-electron chi connectivity index (χ0n) is 29.6. The van der Waals surface area contributed by atoms with Crippen LogP contribution >= 0.6 is 0 Å². The highest BCUT2D eigenvalue weighted by atomic mass is 16.5. The van der Waals surface area contributed by atoms with Gasteiger partial charge in [-0.15, -0.1) is 0 Å². The average Bonchev–Trinajstić information content (AvgIpc) is 3.16. The van der Waals surface area contributed by atoms with Crippen molar-refractivity contribution in [2.45, 2.75) is 33.4 Å². The lowest BCUT2D eigenvalue weighted by atomic mass is 10.1. The Balaban J connectivity index is 0.905. The van der Waals surface area contributed by atoms with Gasteiger partial charge in [-0.1, -0.05) is 60.2 Å². The standard InChI is InChI=1S/C43H45N3O5/c1-32-4-6-37(7-5-32)31-50-40-18-20-42(44-29-40)51-41-19-12-35(28-33(41)2)13-21-43(47)46-25-23-45(24-26-46)30-36-10-8-34(9-11-36)22-27-49-39-16-14-38(48-3)15-17-39/h4-21,28-29H,22-27,30-31H2,1-3H3/b21-13+. The molecule has 0 saturated carbocycles. The zero-order chi connectivity index (χ0) is 35.4. The fourth-order valence-corrected chi connectivity index (χ4v) is 5.79. The first-order valence-corrected chi connectivity index (χ1v) is 17.4. The van der Waals surface area contributed by atoms with Crippen molar-refractivity contribution in [3.05, 3.63) is 149 Å². The molecule has 2 heterocycles. The number of amides is 1. The van der Waals surface area contributed by atoms with E-state index < -0.39 is 0 Å². The molecule has 0 spiro atoms. The Morgan fingerprint density at radius 3 is 2.12 bits per heavy atom. The molecule has 1 fully saturated rings. The second-order valence-electron chi connectivity index (χ2n) is 12.8. The maximum atomic E-state index is 13.0. The summed E-state index contributed by atoms with van der Waals surface area (Å²) in [5, 5.41) is 0. The molecule has 4 aromatic carbocycles. The molecular formula is C43H45N3O5. The molecule has 0 atom stereocenters. The van der Waals surface area contributed by atoms with Crippen LogP contribution in [0.5, 0.6) is 28.9 Å². The molecule has 262 valence electrons. The molecule has 8 heteroatoms. The molecule has 0 aliphatic carbocycles. The van der Waals surface area contributed by atoms with Gasteiger partial charge in [-0.2, -0.15) is 0 Å². The normalized spacial score (nSPS) is 13.3. The van der Waals surface area contributed by atoms with E-state index >= 15 is 0 Å². The van der Waals surface area contributed by atoms with E-state index in [2.05, 4.69) is 65.3 Å². The number of ether oxygens (including phenoxy) is 4. The van der Waals surface area contributed by atoms with Crippen LogP contribution in [0.3, 0.4) is 0 Å². The highest BCUT2D eigenvalue weighted by Gasteiger charge is 2.19. The first kappa shape index (κ1) is 35.2. The third kappa shape index (κ3) is 10.4. The maximum absolute atomic E-state index is 13.0. The summed E-state index contributed by atoms with van der Waals surface area (Å²) in [5.74, 6) is 3.57. The van der Waals surface area contributed by atoms with Gasteiger partial charge in [0.1, 0.15) is 29.6 Å². The number of pyridine rings is 1. The van der Waals surface area contributed by atoms with Gasteiger partial charge in [0.15, 0.2) is 0 Å². The number of rotatable bonds is 14. The number of methoxy groups -OCH3 is 1. The molecule has 1 aliphatic heterocycles. The molecule has 1 aromatic heterocycles. The summed E-state index contributed by atoms with van der Waals surface area (Å²) >= 11 is 0. The quantitative estimate of drug-likeness (QED) is 0.110. The predicted octanol–water partition coefficient (Wildman–Crippen LogP) is 8.06. The fraction of sp³-hybridized carbons (Fsp3) is 0.256. The van der Waals surface area contributed by atoms with Crippen LogP contribution in [0.4, 0.5) is 0 Å². The Kier molecular flexibility index (Phi) is 12.0. The molecule has 5 aromatic rings. The number of carbonyl (C=O) groups excluding carboxylic acids is 1. The van der Waals surface area contributed by atoms with Crippen LogP contribution in [0.1, 0.15) is 33.4 Å². The van der Waals surface area contributed by atoms with E-state index in [1.807, 2.05) is 66.4 Å². The number of aryl methyl sites for hydroxylation is 2. The van der Waals surface area contributed by atoms with Crippen molar-refractivity contribution < 1.29 is 23.7 Å². The number of aromatic nitrogens is 1. The van der Waals surface area contributed by atoms with Crippen molar-refractivity contribution in [1.82, 2.24) is 14.8 Å². The number of piperazine rings is 1. The molecule has 1 aliphatic rings. The monoisotopic (exact) mass is 683 g/mol. The van der Waals surface area contributed by atoms with E-state index in [0.717, 1.165) is 54.2 Å². The molecule has 0 radical (unpaired) electrons. The van der Waals surface area contributed by atoms with Gasteiger partial charge >= 0.3 is 0 Å². The van der Waals surface area contributed by atoms with Crippen molar-refractivity contribution in [3.8, 4) is 28.9 Å². The second-order valence-corrected chi connectivity index (χ2v) is 12.8. The van der Waals surface area contributed by atoms with Crippen LogP contribution in [0.15, 0.2) is 115 Å². The molecular weight excluding hydrogens is 638 g/mol. The van der Waals surface area contributed by atoms with Crippen LogP contribution in [0, 0.1) is 13.8 Å². The first-order valence-electron chi connectivity index (χ1n) is 17.4. The smallest absolute Gasteiger partial charge is 0.246 e. The highest BCUT2D eigenvalue weighted by molar-refractivity contribution is 5.91. The summed E-state index contributed by atoms with van der Waals surface area (Å²) in [6.07, 6.45) is 6.05. The lowest BCUT2D eigenvalue weighted by molar-refractivity contribution is -0.127. The van der Waals surface area contributed by atoms with Crippen LogP contribution < -0.4 is 18.9 Å². The number of hydrogen-bond donors (Lipinski definition) is 0. The van der Waals surface area contributed by atoms with Crippen molar-refractivity contribution in [1.29, 1.82) is 0 Å². The van der Waals surface area contributed by atoms with Gasteiger partial charge in [0.05, 0.1) is 19.9 Å². The summed E-state index contributed by atoms with van der Waals surface area (Å²) in [6.45, 7) is 9.12. The van der Waals surface area contributed by atoms with Gasteiger partial charge in [-0.05, 0) is 90.2 Å². The summed E-state index contributed by atoms with van der Waals surface area (Å²) in [4.78, 5) is 21.7. The first-order chi connectivity index (χ1) is 24.9. The number of benzene rings is 4. The van der Waals surface area contributed by atoms with Gasteiger partial charge in [0, 0.05) is 51.3 Å². The Labute approximate surface area is 300 Å². The molecule has 1 amide bonds. The number of hydrogen-bond acceptors (Lipinski definition) is 7. The van der Waals surface area contributed by atoms with Crippen LogP contribution in [0.25, 0.3) is 6.08 Å². The minimum atomic E-state index is 0.0303. The average molecular weight is 684 g/mol. The lowest BCUT2D eigenvalue weighted by Gasteiger charge is -2.34. The number of nitrogens with zero attached hydrogens (tertiary/aromatic N) is 3. The fourth-order valence-electron chi connectivity index (χ4n) is 5.79. The largest absolute Gasteiger partial charge is 0.497 e. The molecule has 0 N–H and O–H groups in total. The summed E-state index contributed by atoms with van der Waals surface area (Å²) in [7, 11) is 1.66. The van der Waals surface area contributed by atoms with Crippen LogP contribution in [0.2, 0.25) is 0 Å². The van der Waals surface area contributed by atoms with E-state index in [9.17, 15) is 4.79 Å². The third-order valence-corrected chi connectivity index (χ3v) is 8.90. The van der Waals surface area contributed by atoms with Crippen molar-refractivity contribution in [2.75, 3.05) is 39.9 Å². The van der Waals surface area contributed by atoms with Gasteiger partial charge in [-0.3, -0.25) is 9.69 Å². The van der Waals surface area contributed by atoms with E-state index in [1.165, 1.54) is 16.7 Å². The minimum Gasteiger partial charge on any atom is -0.497 e. The topological polar surface area (TPSA) is 73.4 Å². The summed E-state index contributed by atoms with van der Waals surface area (Å²) in [6, 6.07) is 34.2. The van der Waals surface area contributed by atoms with Gasteiger partial charge in [0.25, 0.3) is 0 Å². The molecule has 51 heavy (non-hydrogen) atoms. The minimum absolute atomic E-state index is 0.0303. The number of carbonyl (C=O) groups is 1. The van der Waals surface area contributed by atoms with Gasteiger partial charge in [-0.25, -0.2) is 4.98 Å². The molecule has 0 bridgehead atoms. The van der Waals surface area contributed by atoms with Gasteiger partial charge in [0.2, 0.25) is 11.8 Å². The Bertz CT molecular complexity index is 1880.